The van der Waals surface area contributed by atoms with E-state index in [1.807, 2.05) is 32.0 Å². The van der Waals surface area contributed by atoms with E-state index in [0.717, 1.165) is 22.5 Å². The summed E-state index contributed by atoms with van der Waals surface area (Å²) in [6.07, 6.45) is 0.797. The Kier molecular flexibility index (Phi) is 1.90. The van der Waals surface area contributed by atoms with Gasteiger partial charge in [0.1, 0.15) is 0 Å². The predicted octanol–water partition coefficient (Wildman–Crippen LogP) is 1.19. The lowest BCUT2D eigenvalue weighted by Gasteiger charge is -2.03. The fourth-order valence-electron chi connectivity index (χ4n) is 0.922. The normalized spacial score (nSPS) is 9.80. The van der Waals surface area contributed by atoms with Crippen LogP contribution in [0.2, 0.25) is 0 Å². The van der Waals surface area contributed by atoms with E-state index in [-0.39, 0.29) is 0 Å². The molecule has 1 aromatic heterocycles. The van der Waals surface area contributed by atoms with Crippen molar-refractivity contribution in [2.24, 2.45) is 0 Å². The molecule has 1 heterocycles. The van der Waals surface area contributed by atoms with Crippen LogP contribution in [0.15, 0.2) is 18.2 Å². The zero-order valence-corrected chi connectivity index (χ0v) is 6.29. The van der Waals surface area contributed by atoms with Crippen LogP contribution in [-0.4, -0.2) is 0 Å². The molecule has 0 bridgehead atoms. The predicted molar refractivity (Wildman–Crippen MR) is 39.5 cm³/mol. The van der Waals surface area contributed by atoms with E-state index in [9.17, 15) is 5.21 Å². The summed E-state index contributed by atoms with van der Waals surface area (Å²) in [5.74, 6) is 0. The summed E-state index contributed by atoms with van der Waals surface area (Å²) in [5.41, 5.74) is 1.60. The maximum Gasteiger partial charge on any atom is 0.192 e. The maximum absolute atomic E-state index is 11.1. The van der Waals surface area contributed by atoms with Gasteiger partial charge < -0.3 is 5.21 Å². The Bertz CT molecular complexity index is 233. The van der Waals surface area contributed by atoms with Gasteiger partial charge in [0.2, 0.25) is 0 Å². The Morgan fingerprint density at radius 3 is 2.70 bits per heavy atom. The lowest BCUT2D eigenvalue weighted by Crippen LogP contribution is -2.34. The third kappa shape index (κ3) is 1.10. The van der Waals surface area contributed by atoms with Crippen molar-refractivity contribution < 1.29 is 4.73 Å². The second-order valence-corrected chi connectivity index (χ2v) is 2.31. The highest BCUT2D eigenvalue weighted by Crippen LogP contribution is 1.94. The Morgan fingerprint density at radius 1 is 1.50 bits per heavy atom. The van der Waals surface area contributed by atoms with Gasteiger partial charge in [-0.3, -0.25) is 0 Å². The van der Waals surface area contributed by atoms with E-state index in [0.29, 0.717) is 0 Å². The first-order chi connectivity index (χ1) is 4.75. The van der Waals surface area contributed by atoms with Crippen LogP contribution >= 0.6 is 0 Å². The van der Waals surface area contributed by atoms with Crippen LogP contribution in [0.1, 0.15) is 18.3 Å². The Morgan fingerprint density at radius 2 is 2.20 bits per heavy atom. The Labute approximate surface area is 60.7 Å². The van der Waals surface area contributed by atoms with Crippen LogP contribution in [0.25, 0.3) is 0 Å². The summed E-state index contributed by atoms with van der Waals surface area (Å²) in [5, 5.41) is 11.1. The molecule has 1 rings (SSSR count). The number of nitrogens with zero attached hydrogens (tertiary/aromatic N) is 1. The van der Waals surface area contributed by atoms with Crippen molar-refractivity contribution in [3.05, 3.63) is 34.8 Å². The number of rotatable bonds is 1. The third-order valence-electron chi connectivity index (χ3n) is 1.57. The van der Waals surface area contributed by atoms with Gasteiger partial charge in [-0.05, 0) is 6.07 Å². The minimum Gasteiger partial charge on any atom is -0.618 e. The second kappa shape index (κ2) is 2.69. The smallest absolute Gasteiger partial charge is 0.192 e. The minimum atomic E-state index is 0.763. The van der Waals surface area contributed by atoms with Gasteiger partial charge in [0, 0.05) is 25.5 Å². The molecule has 0 N–H and O–H groups in total. The van der Waals surface area contributed by atoms with E-state index in [1.165, 1.54) is 0 Å². The molecule has 54 valence electrons. The van der Waals surface area contributed by atoms with E-state index in [2.05, 4.69) is 0 Å². The van der Waals surface area contributed by atoms with E-state index in [1.54, 1.807) is 0 Å². The molecule has 10 heavy (non-hydrogen) atoms. The summed E-state index contributed by atoms with van der Waals surface area (Å²) in [6, 6.07) is 5.56. The lowest BCUT2D eigenvalue weighted by molar-refractivity contribution is -0.620. The van der Waals surface area contributed by atoms with Gasteiger partial charge in [-0.1, -0.05) is 6.92 Å². The lowest BCUT2D eigenvalue weighted by atomic mass is 10.2. The number of pyridine rings is 1. The first-order valence-corrected chi connectivity index (χ1v) is 3.43. The fourth-order valence-corrected chi connectivity index (χ4v) is 0.922. The molecule has 0 saturated carbocycles. The topological polar surface area (TPSA) is 26.9 Å². The molecule has 0 aliphatic rings. The van der Waals surface area contributed by atoms with Crippen molar-refractivity contribution in [1.29, 1.82) is 0 Å². The molecular weight excluding hydrogens is 126 g/mol. The molecule has 0 atom stereocenters. The van der Waals surface area contributed by atoms with Crippen LogP contribution in [0.5, 0.6) is 0 Å². The van der Waals surface area contributed by atoms with Gasteiger partial charge in [-0.15, -0.1) is 0 Å². The standard InChI is InChI=1S/C8H11NO/c1-3-8-6-4-5-7(2)9(8)10/h4-6H,3H2,1-2H3. The highest BCUT2D eigenvalue weighted by molar-refractivity contribution is 5.02. The maximum atomic E-state index is 11.1. The van der Waals surface area contributed by atoms with E-state index < -0.39 is 0 Å². The molecule has 2 nitrogen and oxygen atoms in total. The average molecular weight is 137 g/mol. The first-order valence-electron chi connectivity index (χ1n) is 3.43. The van der Waals surface area contributed by atoms with Gasteiger partial charge in [0.25, 0.3) is 0 Å². The summed E-state index contributed by atoms with van der Waals surface area (Å²) in [6.45, 7) is 3.79. The van der Waals surface area contributed by atoms with Gasteiger partial charge in [0.05, 0.1) is 0 Å². The minimum absolute atomic E-state index is 0.763. The summed E-state index contributed by atoms with van der Waals surface area (Å²) in [4.78, 5) is 0. The Hall–Kier alpha value is -1.05. The van der Waals surface area contributed by atoms with E-state index >= 15 is 0 Å². The zero-order valence-electron chi connectivity index (χ0n) is 6.29. The second-order valence-electron chi connectivity index (χ2n) is 2.31. The zero-order chi connectivity index (χ0) is 7.56. The summed E-state index contributed by atoms with van der Waals surface area (Å²) >= 11 is 0. The highest BCUT2D eigenvalue weighted by Gasteiger charge is 2.02. The molecule has 0 aliphatic carbocycles. The molecule has 0 unspecified atom stereocenters. The Balaban J connectivity index is 3.14. The molecule has 0 aliphatic heterocycles. The molecule has 0 aromatic carbocycles. The highest BCUT2D eigenvalue weighted by atomic mass is 16.5. The van der Waals surface area contributed by atoms with Crippen molar-refractivity contribution >= 4 is 0 Å². The molecule has 0 spiro atoms. The van der Waals surface area contributed by atoms with Crippen molar-refractivity contribution in [3.63, 3.8) is 0 Å². The number of hydrogen-bond donors (Lipinski definition) is 0. The van der Waals surface area contributed by atoms with Gasteiger partial charge in [0.15, 0.2) is 11.4 Å². The molecule has 0 amide bonds. The van der Waals surface area contributed by atoms with Gasteiger partial charge in [-0.2, -0.15) is 4.73 Å². The number of hydrogen-bond acceptors (Lipinski definition) is 1. The fraction of sp³-hybridized carbons (Fsp3) is 0.375. The van der Waals surface area contributed by atoms with E-state index in [4.69, 9.17) is 0 Å². The summed E-state index contributed by atoms with van der Waals surface area (Å²) < 4.78 is 0.972. The van der Waals surface area contributed by atoms with Crippen molar-refractivity contribution in [2.75, 3.05) is 0 Å². The van der Waals surface area contributed by atoms with Crippen LogP contribution in [0.4, 0.5) is 0 Å². The molecule has 0 saturated heterocycles. The SMILES string of the molecule is CCc1cccc(C)[n+]1[O-]. The monoisotopic (exact) mass is 137 g/mol. The van der Waals surface area contributed by atoms with Crippen LogP contribution in [0, 0.1) is 12.1 Å². The van der Waals surface area contributed by atoms with Crippen LogP contribution in [-0.2, 0) is 6.42 Å². The van der Waals surface area contributed by atoms with Crippen LogP contribution in [0.3, 0.4) is 0 Å². The number of aryl methyl sites for hydroxylation is 2. The number of aromatic nitrogens is 1. The van der Waals surface area contributed by atoms with Gasteiger partial charge in [-0.25, -0.2) is 0 Å². The van der Waals surface area contributed by atoms with Crippen molar-refractivity contribution in [3.8, 4) is 0 Å². The molecule has 1 aromatic rings. The first kappa shape index (κ1) is 7.06. The largest absolute Gasteiger partial charge is 0.618 e. The quantitative estimate of drug-likeness (QED) is 0.422. The molecule has 2 heteroatoms. The van der Waals surface area contributed by atoms with Crippen LogP contribution < -0.4 is 4.73 Å². The molecular formula is C8H11NO. The molecule has 0 fully saturated rings. The third-order valence-corrected chi connectivity index (χ3v) is 1.57. The average Bonchev–Trinajstić information content (AvgIpc) is 1.95. The van der Waals surface area contributed by atoms with Gasteiger partial charge >= 0.3 is 0 Å². The van der Waals surface area contributed by atoms with Crippen molar-refractivity contribution in [1.82, 2.24) is 0 Å². The summed E-state index contributed by atoms with van der Waals surface area (Å²) in [7, 11) is 0. The van der Waals surface area contributed by atoms with Crippen molar-refractivity contribution in [2.45, 2.75) is 20.3 Å². The molecule has 0 radical (unpaired) electrons.